The Morgan fingerprint density at radius 3 is 1.93 bits per heavy atom. The molecule has 29 heavy (non-hydrogen) atoms. The predicted octanol–water partition coefficient (Wildman–Crippen LogP) is 8.23. The number of allylic oxidation sites excluding steroid dienone is 2. The van der Waals surface area contributed by atoms with Gasteiger partial charge < -0.3 is 0 Å². The average molecular weight is 496 g/mol. The molecular weight excluding hydrogens is 488 g/mol. The van der Waals surface area contributed by atoms with Crippen molar-refractivity contribution in [3.8, 4) is 0 Å². The molecule has 0 saturated heterocycles. The van der Waals surface area contributed by atoms with Crippen LogP contribution in [0.1, 0.15) is 27.0 Å². The maximum atomic E-state index is 13.5. The van der Waals surface area contributed by atoms with E-state index in [0.29, 0.717) is 12.1 Å². The average Bonchev–Trinajstić information content (AvgIpc) is 2.57. The van der Waals surface area contributed by atoms with Crippen LogP contribution in [0.25, 0.3) is 5.57 Å². The van der Waals surface area contributed by atoms with Crippen molar-refractivity contribution < 1.29 is 31.1 Å². The van der Waals surface area contributed by atoms with Crippen molar-refractivity contribution >= 4 is 57.2 Å². The Balaban J connectivity index is 2.52. The van der Waals surface area contributed by atoms with Crippen molar-refractivity contribution in [2.24, 2.45) is 0 Å². The van der Waals surface area contributed by atoms with Crippen LogP contribution < -0.4 is 0 Å². The topological polar surface area (TPSA) is 17.1 Å². The maximum absolute atomic E-state index is 13.5. The van der Waals surface area contributed by atoms with Gasteiger partial charge in [0.2, 0.25) is 0 Å². The van der Waals surface area contributed by atoms with Crippen LogP contribution >= 0.6 is 46.4 Å². The number of benzene rings is 2. The van der Waals surface area contributed by atoms with Gasteiger partial charge >= 0.3 is 12.4 Å². The van der Waals surface area contributed by atoms with Crippen LogP contribution in [0.15, 0.2) is 36.4 Å². The van der Waals surface area contributed by atoms with Crippen molar-refractivity contribution in [3.63, 3.8) is 0 Å². The summed E-state index contributed by atoms with van der Waals surface area (Å²) in [5.74, 6) is 0. The highest BCUT2D eigenvalue weighted by molar-refractivity contribution is 6.67. The Bertz CT molecular complexity index is 956. The molecular formula is C18H8Cl4F6O. The molecule has 0 bridgehead atoms. The van der Waals surface area contributed by atoms with Crippen molar-refractivity contribution in [2.45, 2.75) is 18.8 Å². The molecule has 11 heteroatoms. The van der Waals surface area contributed by atoms with Crippen molar-refractivity contribution in [2.75, 3.05) is 0 Å². The van der Waals surface area contributed by atoms with Gasteiger partial charge in [0, 0.05) is 5.56 Å². The molecule has 0 aromatic heterocycles. The SMILES string of the molecule is O=C(Cl)c1ccc(C/C=C(\c2cc(Cl)c(Cl)c(Cl)c2)C(F)(F)F)cc1C(F)(F)F. The molecule has 0 aliphatic carbocycles. The molecule has 2 rings (SSSR count). The number of halogens is 10. The van der Waals surface area contributed by atoms with E-state index in [0.717, 1.165) is 24.3 Å². The lowest BCUT2D eigenvalue weighted by atomic mass is 9.99. The predicted molar refractivity (Wildman–Crippen MR) is 101 cm³/mol. The molecule has 0 N–H and O–H groups in total. The zero-order valence-electron chi connectivity index (χ0n) is 13.9. The minimum Gasteiger partial charge on any atom is -0.276 e. The fourth-order valence-electron chi connectivity index (χ4n) is 2.45. The number of alkyl halides is 6. The molecule has 1 nitrogen and oxygen atoms in total. The second kappa shape index (κ2) is 8.76. The summed E-state index contributed by atoms with van der Waals surface area (Å²) in [5.41, 5.74) is -3.81. The van der Waals surface area contributed by atoms with E-state index in [4.69, 9.17) is 46.4 Å². The highest BCUT2D eigenvalue weighted by atomic mass is 35.5. The molecule has 0 spiro atoms. The van der Waals surface area contributed by atoms with E-state index in [-0.39, 0.29) is 20.6 Å². The van der Waals surface area contributed by atoms with Crippen molar-refractivity contribution in [1.82, 2.24) is 0 Å². The van der Waals surface area contributed by atoms with Crippen molar-refractivity contribution in [1.29, 1.82) is 0 Å². The van der Waals surface area contributed by atoms with E-state index in [1.165, 1.54) is 0 Å². The van der Waals surface area contributed by atoms with Crippen LogP contribution in [0.2, 0.25) is 15.1 Å². The number of carbonyl (C=O) groups excluding carboxylic acids is 1. The number of hydrogen-bond acceptors (Lipinski definition) is 1. The molecule has 0 aliphatic rings. The summed E-state index contributed by atoms with van der Waals surface area (Å²) in [6.07, 6.45) is -9.59. The lowest BCUT2D eigenvalue weighted by Crippen LogP contribution is -2.12. The fraction of sp³-hybridized carbons (Fsp3) is 0.167. The number of hydrogen-bond donors (Lipinski definition) is 0. The van der Waals surface area contributed by atoms with E-state index in [1.807, 2.05) is 0 Å². The Morgan fingerprint density at radius 1 is 0.931 bits per heavy atom. The van der Waals surface area contributed by atoms with E-state index < -0.39 is 46.3 Å². The van der Waals surface area contributed by atoms with Gasteiger partial charge in [0.05, 0.1) is 26.2 Å². The molecule has 0 atom stereocenters. The first kappa shape index (κ1) is 23.9. The summed E-state index contributed by atoms with van der Waals surface area (Å²) in [7, 11) is 0. The third kappa shape index (κ3) is 5.81. The van der Waals surface area contributed by atoms with Crippen molar-refractivity contribution in [3.05, 3.63) is 73.7 Å². The van der Waals surface area contributed by atoms with E-state index >= 15 is 0 Å². The van der Waals surface area contributed by atoms with Gasteiger partial charge in [-0.1, -0.05) is 46.9 Å². The molecule has 2 aromatic rings. The Kier molecular flexibility index (Phi) is 7.21. The van der Waals surface area contributed by atoms with Gasteiger partial charge in [0.25, 0.3) is 5.24 Å². The zero-order valence-corrected chi connectivity index (χ0v) is 16.9. The third-order valence-electron chi connectivity index (χ3n) is 3.74. The summed E-state index contributed by atoms with van der Waals surface area (Å²) >= 11 is 22.4. The monoisotopic (exact) mass is 494 g/mol. The third-order valence-corrected chi connectivity index (χ3v) is 5.14. The molecule has 2 aromatic carbocycles. The second-order valence-corrected chi connectivity index (χ2v) is 7.26. The van der Waals surface area contributed by atoms with Crippen LogP contribution in [0.3, 0.4) is 0 Å². The first-order valence-corrected chi connectivity index (χ1v) is 9.05. The van der Waals surface area contributed by atoms with E-state index in [1.54, 1.807) is 0 Å². The largest absolute Gasteiger partial charge is 0.417 e. The van der Waals surface area contributed by atoms with Crippen LogP contribution in [0, 0.1) is 0 Å². The van der Waals surface area contributed by atoms with Gasteiger partial charge in [0.15, 0.2) is 0 Å². The van der Waals surface area contributed by atoms with Gasteiger partial charge in [-0.2, -0.15) is 26.3 Å². The van der Waals surface area contributed by atoms with Gasteiger partial charge in [-0.25, -0.2) is 0 Å². The lowest BCUT2D eigenvalue weighted by molar-refractivity contribution is -0.137. The molecule has 0 aliphatic heterocycles. The summed E-state index contributed by atoms with van der Waals surface area (Å²) in [4.78, 5) is 11.2. The zero-order chi connectivity index (χ0) is 22.1. The van der Waals surface area contributed by atoms with Gasteiger partial charge in [-0.15, -0.1) is 0 Å². The fourth-order valence-corrected chi connectivity index (χ4v) is 3.21. The normalized spacial score (nSPS) is 13.0. The van der Waals surface area contributed by atoms with Crippen LogP contribution in [0.5, 0.6) is 0 Å². The Labute approximate surface area is 180 Å². The second-order valence-electron chi connectivity index (χ2n) is 5.72. The number of carbonyl (C=O) groups is 1. The molecule has 0 amide bonds. The standard InChI is InChI=1S/C18H8Cl4F6O/c19-13-6-9(7-14(20)15(13)21)11(17(23,24)25)4-2-8-1-3-10(16(22)29)12(5-8)18(26,27)28/h1,3-7H,2H2/b11-4+. The summed E-state index contributed by atoms with van der Waals surface area (Å²) in [5, 5.41) is -1.89. The molecule has 0 heterocycles. The molecule has 156 valence electrons. The first-order valence-electron chi connectivity index (χ1n) is 7.54. The minimum absolute atomic E-state index is 0.119. The maximum Gasteiger partial charge on any atom is 0.417 e. The quantitative estimate of drug-likeness (QED) is 0.237. The van der Waals surface area contributed by atoms with E-state index in [9.17, 15) is 31.1 Å². The van der Waals surface area contributed by atoms with Crippen LogP contribution in [-0.4, -0.2) is 11.4 Å². The van der Waals surface area contributed by atoms with Gasteiger partial charge in [-0.05, 0) is 53.4 Å². The summed E-state index contributed by atoms with van der Waals surface area (Å²) in [6.45, 7) is 0. The highest BCUT2D eigenvalue weighted by Crippen LogP contribution is 2.40. The Morgan fingerprint density at radius 2 is 1.48 bits per heavy atom. The first-order chi connectivity index (χ1) is 13.2. The molecule has 0 radical (unpaired) electrons. The lowest BCUT2D eigenvalue weighted by Gasteiger charge is -2.15. The highest BCUT2D eigenvalue weighted by Gasteiger charge is 2.36. The van der Waals surface area contributed by atoms with E-state index in [2.05, 4.69) is 0 Å². The molecule has 0 saturated carbocycles. The van der Waals surface area contributed by atoms with Crippen LogP contribution in [-0.2, 0) is 12.6 Å². The number of rotatable bonds is 4. The minimum atomic E-state index is -4.91. The smallest absolute Gasteiger partial charge is 0.276 e. The van der Waals surface area contributed by atoms with Gasteiger partial charge in [0.1, 0.15) is 0 Å². The van der Waals surface area contributed by atoms with Crippen LogP contribution in [0.4, 0.5) is 26.3 Å². The summed E-state index contributed by atoms with van der Waals surface area (Å²) in [6, 6.07) is 4.36. The molecule has 0 fully saturated rings. The molecule has 0 unspecified atom stereocenters. The summed E-state index contributed by atoms with van der Waals surface area (Å²) < 4.78 is 79.8. The Hall–Kier alpha value is -1.41. The van der Waals surface area contributed by atoms with Gasteiger partial charge in [-0.3, -0.25) is 4.79 Å².